The predicted molar refractivity (Wildman–Crippen MR) is 74.7 cm³/mol. The zero-order valence-electron chi connectivity index (χ0n) is 11.2. The molecule has 0 aliphatic carbocycles. The minimum Gasteiger partial charge on any atom is -0.324 e. The van der Waals surface area contributed by atoms with Gasteiger partial charge >= 0.3 is 0 Å². The molecular weight excluding hydrogens is 242 g/mol. The lowest BCUT2D eigenvalue weighted by Gasteiger charge is -2.16. The van der Waals surface area contributed by atoms with Crippen molar-refractivity contribution in [2.45, 2.75) is 32.7 Å². The van der Waals surface area contributed by atoms with Crippen LogP contribution in [0.1, 0.15) is 38.3 Å². The van der Waals surface area contributed by atoms with Crippen LogP contribution in [0.3, 0.4) is 0 Å². The number of hydrogen-bond acceptors (Lipinski definition) is 3. The summed E-state index contributed by atoms with van der Waals surface area (Å²) in [5.41, 5.74) is 8.33. The maximum Gasteiger partial charge on any atom is 0.233 e. The molecule has 1 atom stereocenters. The fraction of sp³-hybridized carbons (Fsp3) is 0.429. The van der Waals surface area contributed by atoms with Crippen LogP contribution in [0.5, 0.6) is 0 Å². The summed E-state index contributed by atoms with van der Waals surface area (Å²) in [6, 6.07) is 5.45. The fourth-order valence-electron chi connectivity index (χ4n) is 2.18. The summed E-state index contributed by atoms with van der Waals surface area (Å²) in [7, 11) is 0. The smallest absolute Gasteiger partial charge is 0.233 e. The van der Waals surface area contributed by atoms with Gasteiger partial charge in [0.1, 0.15) is 6.42 Å². The molecule has 1 aromatic carbocycles. The molecule has 1 aromatic rings. The Balaban J connectivity index is 2.27. The van der Waals surface area contributed by atoms with Gasteiger partial charge in [0.2, 0.25) is 11.8 Å². The Hall–Kier alpha value is -1.88. The number of benzene rings is 1. The zero-order valence-corrected chi connectivity index (χ0v) is 11.2. The van der Waals surface area contributed by atoms with Crippen molar-refractivity contribution in [1.29, 1.82) is 0 Å². The maximum atomic E-state index is 11.5. The van der Waals surface area contributed by atoms with Crippen LogP contribution in [0.15, 0.2) is 18.2 Å². The van der Waals surface area contributed by atoms with Gasteiger partial charge in [-0.05, 0) is 30.0 Å². The van der Waals surface area contributed by atoms with E-state index in [1.165, 1.54) is 0 Å². The fourth-order valence-corrected chi connectivity index (χ4v) is 2.18. The van der Waals surface area contributed by atoms with Gasteiger partial charge in [-0.2, -0.15) is 0 Å². The Kier molecular flexibility index (Phi) is 3.85. The molecular formula is C14H19N3O2. The van der Waals surface area contributed by atoms with E-state index in [1.807, 2.05) is 12.1 Å². The van der Waals surface area contributed by atoms with E-state index >= 15 is 0 Å². The van der Waals surface area contributed by atoms with Gasteiger partial charge in [-0.1, -0.05) is 19.9 Å². The number of anilines is 2. The van der Waals surface area contributed by atoms with Crippen molar-refractivity contribution in [3.63, 3.8) is 0 Å². The highest BCUT2D eigenvalue weighted by molar-refractivity contribution is 6.13. The van der Waals surface area contributed by atoms with Crippen LogP contribution in [-0.4, -0.2) is 11.8 Å². The first-order chi connectivity index (χ1) is 8.95. The third-order valence-corrected chi connectivity index (χ3v) is 3.07. The van der Waals surface area contributed by atoms with Gasteiger partial charge in [0, 0.05) is 6.04 Å². The van der Waals surface area contributed by atoms with Crippen LogP contribution in [0.25, 0.3) is 0 Å². The Labute approximate surface area is 112 Å². The first-order valence-electron chi connectivity index (χ1n) is 6.45. The number of fused-ring (bicyclic) bond motifs is 1. The highest BCUT2D eigenvalue weighted by Gasteiger charge is 2.19. The number of nitrogens with one attached hydrogen (secondary N) is 2. The van der Waals surface area contributed by atoms with Crippen LogP contribution in [0.4, 0.5) is 11.4 Å². The van der Waals surface area contributed by atoms with Gasteiger partial charge in [0.15, 0.2) is 0 Å². The maximum absolute atomic E-state index is 11.5. The molecule has 1 unspecified atom stereocenters. The summed E-state index contributed by atoms with van der Waals surface area (Å²) in [5.74, 6) is -0.0931. The third kappa shape index (κ3) is 3.32. The van der Waals surface area contributed by atoms with Gasteiger partial charge in [-0.3, -0.25) is 9.59 Å². The number of hydrogen-bond donors (Lipinski definition) is 3. The lowest BCUT2D eigenvalue weighted by Crippen LogP contribution is -2.16. The number of amides is 2. The molecule has 5 heteroatoms. The molecule has 0 bridgehead atoms. The number of carbonyl (C=O) groups excluding carboxylic acids is 2. The van der Waals surface area contributed by atoms with Crippen molar-refractivity contribution in [3.05, 3.63) is 23.8 Å². The van der Waals surface area contributed by atoms with E-state index < -0.39 is 0 Å². The van der Waals surface area contributed by atoms with Gasteiger partial charge in [-0.25, -0.2) is 0 Å². The molecule has 1 aliphatic rings. The molecule has 0 fully saturated rings. The summed E-state index contributed by atoms with van der Waals surface area (Å²) in [4.78, 5) is 22.9. The quantitative estimate of drug-likeness (QED) is 0.728. The first kappa shape index (κ1) is 13.5. The van der Waals surface area contributed by atoms with Crippen LogP contribution in [-0.2, 0) is 9.59 Å². The lowest BCUT2D eigenvalue weighted by molar-refractivity contribution is -0.123. The summed E-state index contributed by atoms with van der Waals surface area (Å²) in [5, 5.41) is 5.42. The molecule has 2 rings (SSSR count). The molecule has 19 heavy (non-hydrogen) atoms. The predicted octanol–water partition coefficient (Wildman–Crippen LogP) is 2.01. The van der Waals surface area contributed by atoms with E-state index in [2.05, 4.69) is 24.5 Å². The average Bonchev–Trinajstić information content (AvgIpc) is 2.43. The largest absolute Gasteiger partial charge is 0.324 e. The van der Waals surface area contributed by atoms with Crippen LogP contribution < -0.4 is 16.4 Å². The van der Waals surface area contributed by atoms with E-state index in [0.29, 0.717) is 17.3 Å². The highest BCUT2D eigenvalue weighted by Crippen LogP contribution is 2.29. The van der Waals surface area contributed by atoms with Crippen molar-refractivity contribution in [1.82, 2.24) is 0 Å². The summed E-state index contributed by atoms with van der Waals surface area (Å²) < 4.78 is 0. The molecule has 5 nitrogen and oxygen atoms in total. The van der Waals surface area contributed by atoms with Gasteiger partial charge < -0.3 is 16.4 Å². The summed E-state index contributed by atoms with van der Waals surface area (Å²) >= 11 is 0. The molecule has 2 amide bonds. The highest BCUT2D eigenvalue weighted by atomic mass is 16.2. The Morgan fingerprint density at radius 3 is 2.42 bits per heavy atom. The van der Waals surface area contributed by atoms with Crippen molar-refractivity contribution in [3.8, 4) is 0 Å². The van der Waals surface area contributed by atoms with Gasteiger partial charge in [0.05, 0.1) is 11.4 Å². The molecule has 0 saturated heterocycles. The minimum atomic E-state index is -0.300. The average molecular weight is 261 g/mol. The number of nitrogens with two attached hydrogens (primary N) is 1. The van der Waals surface area contributed by atoms with E-state index in [-0.39, 0.29) is 24.3 Å². The normalized spacial score (nSPS) is 16.4. The molecule has 0 radical (unpaired) electrons. The standard InChI is InChI=1S/C14H19N3O2/c1-8(2)5-10(15)9-3-4-11-12(6-9)17-14(19)7-13(18)16-11/h3-4,6,8,10H,5,7,15H2,1-2H3,(H,16,18)(H,17,19). The third-order valence-electron chi connectivity index (χ3n) is 3.07. The van der Waals surface area contributed by atoms with Gasteiger partial charge in [0.25, 0.3) is 0 Å². The van der Waals surface area contributed by atoms with E-state index in [4.69, 9.17) is 5.73 Å². The zero-order chi connectivity index (χ0) is 14.0. The molecule has 0 saturated carbocycles. The van der Waals surface area contributed by atoms with Crippen LogP contribution >= 0.6 is 0 Å². The second kappa shape index (κ2) is 5.40. The Bertz CT molecular complexity index is 511. The van der Waals surface area contributed by atoms with Crippen molar-refractivity contribution in [2.75, 3.05) is 10.6 Å². The van der Waals surface area contributed by atoms with E-state index in [0.717, 1.165) is 12.0 Å². The second-order valence-corrected chi connectivity index (χ2v) is 5.31. The molecule has 1 heterocycles. The Morgan fingerprint density at radius 1 is 1.16 bits per heavy atom. The van der Waals surface area contributed by atoms with E-state index in [1.54, 1.807) is 6.07 Å². The molecule has 0 spiro atoms. The summed E-state index contributed by atoms with van der Waals surface area (Å²) in [6.45, 7) is 4.23. The number of carbonyl (C=O) groups is 2. The van der Waals surface area contributed by atoms with Crippen molar-refractivity contribution in [2.24, 2.45) is 11.7 Å². The first-order valence-corrected chi connectivity index (χ1v) is 6.45. The van der Waals surface area contributed by atoms with E-state index in [9.17, 15) is 9.59 Å². The lowest BCUT2D eigenvalue weighted by atomic mass is 9.97. The molecule has 1 aliphatic heterocycles. The Morgan fingerprint density at radius 2 is 1.79 bits per heavy atom. The minimum absolute atomic E-state index is 0.0684. The SMILES string of the molecule is CC(C)CC(N)c1ccc2c(c1)NC(=O)CC(=O)N2. The number of rotatable bonds is 3. The van der Waals surface area contributed by atoms with Crippen molar-refractivity contribution < 1.29 is 9.59 Å². The van der Waals surface area contributed by atoms with Crippen LogP contribution in [0.2, 0.25) is 0 Å². The van der Waals surface area contributed by atoms with Crippen molar-refractivity contribution >= 4 is 23.2 Å². The monoisotopic (exact) mass is 261 g/mol. The topological polar surface area (TPSA) is 84.2 Å². The summed E-state index contributed by atoms with van der Waals surface area (Å²) in [6.07, 6.45) is 0.723. The molecule has 4 N–H and O–H groups in total. The molecule has 0 aromatic heterocycles. The van der Waals surface area contributed by atoms with Crippen LogP contribution in [0, 0.1) is 5.92 Å². The van der Waals surface area contributed by atoms with Gasteiger partial charge in [-0.15, -0.1) is 0 Å². The molecule has 102 valence electrons. The second-order valence-electron chi connectivity index (χ2n) is 5.31.